The number of carbonyl (C=O) groups is 4. The third kappa shape index (κ3) is 11.9. The number of rotatable bonds is 15. The topological polar surface area (TPSA) is 157 Å². The molecule has 0 bridgehead atoms. The normalized spacial score (nSPS) is 15.6. The molecule has 0 atom stereocenters. The van der Waals surface area contributed by atoms with Crippen LogP contribution in [0.5, 0.6) is 5.75 Å². The largest absolute Gasteiger partial charge is 0.484 e. The number of sulfonamides is 1. The average Bonchev–Trinajstić information content (AvgIpc) is 3.22. The third-order valence-corrected chi connectivity index (χ3v) is 12.4. The minimum absolute atomic E-state index is 0.0518. The first-order valence-electron chi connectivity index (χ1n) is 18.0. The van der Waals surface area contributed by atoms with E-state index in [9.17, 15) is 40.8 Å². The molecule has 0 unspecified atom stereocenters. The highest BCUT2D eigenvalue weighted by atomic mass is 127. The van der Waals surface area contributed by atoms with Gasteiger partial charge in [0.05, 0.1) is 27.6 Å². The van der Waals surface area contributed by atoms with Crippen molar-refractivity contribution < 1.29 is 51.6 Å². The number of nitrogens with zero attached hydrogens (tertiary/aromatic N) is 1. The number of hydrogen-bond donors (Lipinski definition) is 2. The van der Waals surface area contributed by atoms with Gasteiger partial charge in [0.15, 0.2) is 52.6 Å². The summed E-state index contributed by atoms with van der Waals surface area (Å²) in [6, 6.07) is 22.4. The maximum atomic E-state index is 13.9. The summed E-state index contributed by atoms with van der Waals surface area (Å²) in [6.45, 7) is 0.250. The number of hydrogen-bond acceptors (Lipinski definition) is 9. The number of halogens is 5. The number of amides is 2. The lowest BCUT2D eigenvalue weighted by Gasteiger charge is -2.34. The van der Waals surface area contributed by atoms with E-state index in [1.54, 1.807) is 66.3 Å². The maximum absolute atomic E-state index is 13.9. The number of benzene rings is 4. The van der Waals surface area contributed by atoms with Crippen molar-refractivity contribution in [3.05, 3.63) is 119 Å². The molecular weight excluding hydrogens is 1010 g/mol. The van der Waals surface area contributed by atoms with Crippen molar-refractivity contribution in [3.63, 3.8) is 0 Å². The number of alkyl halides is 3. The van der Waals surface area contributed by atoms with Crippen LogP contribution in [0.2, 0.25) is 0 Å². The van der Waals surface area contributed by atoms with Gasteiger partial charge in [-0.2, -0.15) is 17.5 Å². The molecule has 18 heteroatoms. The van der Waals surface area contributed by atoms with Gasteiger partial charge in [-0.3, -0.25) is 14.4 Å². The predicted molar refractivity (Wildman–Crippen MR) is 225 cm³/mol. The fraction of sp³-hybridized carbons (Fsp3) is 0.300. The summed E-state index contributed by atoms with van der Waals surface area (Å²) in [5, 5.41) is 5.30. The van der Waals surface area contributed by atoms with Crippen molar-refractivity contribution in [3.8, 4) is 5.75 Å². The van der Waals surface area contributed by atoms with E-state index in [4.69, 9.17) is 10.9 Å². The van der Waals surface area contributed by atoms with Crippen LogP contribution in [-0.2, 0) is 33.8 Å². The van der Waals surface area contributed by atoms with E-state index >= 15 is 0 Å². The molecule has 2 amide bonds. The number of aryl methyl sites for hydroxylation is 2. The van der Waals surface area contributed by atoms with Crippen LogP contribution in [0.1, 0.15) is 74.8 Å². The quantitative estimate of drug-likeness (QED) is 0.111. The molecule has 1 saturated carbocycles. The van der Waals surface area contributed by atoms with Gasteiger partial charge in [0, 0.05) is 23.8 Å². The smallest absolute Gasteiger partial charge is 0.422 e. The van der Waals surface area contributed by atoms with E-state index in [2.05, 4.69) is 10.6 Å². The van der Waals surface area contributed by atoms with Crippen LogP contribution in [0, 0.1) is 5.92 Å². The summed E-state index contributed by atoms with van der Waals surface area (Å²) in [7, 11) is -4.08. The first-order chi connectivity index (χ1) is 27.6. The lowest BCUT2D eigenvalue weighted by molar-refractivity contribution is -0.153. The molecule has 0 aliphatic heterocycles. The van der Waals surface area contributed by atoms with Gasteiger partial charge in [-0.25, -0.2) is 13.2 Å². The van der Waals surface area contributed by atoms with Gasteiger partial charge in [0.1, 0.15) is 5.75 Å². The zero-order valence-corrected chi connectivity index (χ0v) is 36.0. The SMILES string of the molecule is CCN(C1CCC(C(=O)OI)CC1)S(=O)(=O)c1cccc(C(=O)Nc2ccc(OCC(F)(F)F)cc2C(=O)Nc2ccc(CCc3ccc(C(=O)OI)cc3)cc2)c1. The lowest BCUT2D eigenvalue weighted by atomic mass is 9.86. The van der Waals surface area contributed by atoms with Crippen LogP contribution < -0.4 is 15.4 Å². The van der Waals surface area contributed by atoms with Gasteiger partial charge in [-0.1, -0.05) is 37.3 Å². The molecule has 0 aromatic heterocycles. The van der Waals surface area contributed by atoms with Crippen molar-refractivity contribution in [2.24, 2.45) is 5.92 Å². The summed E-state index contributed by atoms with van der Waals surface area (Å²) in [6.07, 6.45) is -1.48. The van der Waals surface area contributed by atoms with Crippen molar-refractivity contribution in [2.75, 3.05) is 23.8 Å². The van der Waals surface area contributed by atoms with E-state index in [0.717, 1.165) is 17.2 Å². The molecule has 1 aliphatic rings. The fourth-order valence-electron chi connectivity index (χ4n) is 6.58. The molecule has 12 nitrogen and oxygen atoms in total. The Bertz CT molecular complexity index is 2220. The van der Waals surface area contributed by atoms with Crippen molar-refractivity contribution in [2.45, 2.75) is 62.6 Å². The third-order valence-electron chi connectivity index (χ3n) is 9.59. The Morgan fingerprint density at radius 1 is 0.776 bits per heavy atom. The second-order valence-electron chi connectivity index (χ2n) is 13.4. The molecule has 4 aromatic carbocycles. The summed E-state index contributed by atoms with van der Waals surface area (Å²) in [5.41, 5.74) is 2.41. The Kier molecular flexibility index (Phi) is 15.5. The Balaban J connectivity index is 1.30. The van der Waals surface area contributed by atoms with E-state index in [1.807, 2.05) is 12.1 Å². The van der Waals surface area contributed by atoms with Gasteiger partial charge in [0.25, 0.3) is 11.8 Å². The van der Waals surface area contributed by atoms with Crippen molar-refractivity contribution in [1.82, 2.24) is 4.31 Å². The molecule has 58 heavy (non-hydrogen) atoms. The second-order valence-corrected chi connectivity index (χ2v) is 16.2. The first kappa shape index (κ1) is 44.8. The van der Waals surface area contributed by atoms with Crippen LogP contribution in [-0.4, -0.2) is 61.8 Å². The summed E-state index contributed by atoms with van der Waals surface area (Å²) >= 11 is 3.07. The second kappa shape index (κ2) is 20.1. The molecule has 0 spiro atoms. The molecule has 2 N–H and O–H groups in total. The molecule has 0 heterocycles. The van der Waals surface area contributed by atoms with Gasteiger partial charge in [-0.15, -0.1) is 0 Å². The molecule has 1 fully saturated rings. The molecule has 1 aliphatic carbocycles. The minimum Gasteiger partial charge on any atom is -0.484 e. The highest BCUT2D eigenvalue weighted by Crippen LogP contribution is 2.33. The Labute approximate surface area is 361 Å². The zero-order valence-electron chi connectivity index (χ0n) is 30.9. The van der Waals surface area contributed by atoms with Crippen LogP contribution in [0.4, 0.5) is 24.5 Å². The van der Waals surface area contributed by atoms with Crippen LogP contribution in [0.15, 0.2) is 95.9 Å². The molecule has 0 saturated heterocycles. The number of nitrogens with one attached hydrogen (secondary N) is 2. The van der Waals surface area contributed by atoms with E-state index in [1.165, 1.54) is 63.7 Å². The van der Waals surface area contributed by atoms with E-state index in [-0.39, 0.29) is 51.9 Å². The molecule has 5 rings (SSSR count). The maximum Gasteiger partial charge on any atom is 0.422 e. The molecule has 308 valence electrons. The minimum atomic E-state index is -4.65. The highest BCUT2D eigenvalue weighted by molar-refractivity contribution is 14.1. The summed E-state index contributed by atoms with van der Waals surface area (Å²) in [5.74, 6) is -2.89. The van der Waals surface area contributed by atoms with Crippen molar-refractivity contribution in [1.29, 1.82) is 0 Å². The van der Waals surface area contributed by atoms with Crippen LogP contribution in [0.25, 0.3) is 0 Å². The fourth-order valence-corrected chi connectivity index (χ4v) is 8.94. The summed E-state index contributed by atoms with van der Waals surface area (Å²) < 4.78 is 82.4. The molecule has 4 aromatic rings. The number of carbonyl (C=O) groups excluding carboxylic acids is 4. The summed E-state index contributed by atoms with van der Waals surface area (Å²) in [4.78, 5) is 50.8. The van der Waals surface area contributed by atoms with E-state index in [0.29, 0.717) is 49.8 Å². The standard InChI is InChI=1S/C40H38F3I2N3O9S/c1-2-48(31-18-14-28(15-19-31)39(52)57-45)58(53,54)33-5-3-4-29(22-33)36(49)47-35-21-20-32(55-24-40(41,42)43)23-34(35)37(50)46-30-16-10-26(11-17-30)7-6-25-8-12-27(13-9-25)38(51)56-44/h3-5,8-13,16-17,20-23,28,31H,2,6-7,14-15,18-19,24H2,1H3,(H,46,50)(H,47,49). The Morgan fingerprint density at radius 2 is 1.41 bits per heavy atom. The lowest BCUT2D eigenvalue weighted by Crippen LogP contribution is -2.42. The van der Waals surface area contributed by atoms with Gasteiger partial charge in [0.2, 0.25) is 10.0 Å². The monoisotopic (exact) mass is 1050 g/mol. The van der Waals surface area contributed by atoms with Gasteiger partial charge >= 0.3 is 18.1 Å². The van der Waals surface area contributed by atoms with Gasteiger partial charge in [-0.05, 0) is 110 Å². The predicted octanol–water partition coefficient (Wildman–Crippen LogP) is 8.89. The van der Waals surface area contributed by atoms with E-state index < -0.39 is 40.6 Å². The Hall–Kier alpha value is -4.28. The zero-order chi connectivity index (χ0) is 42.0. The van der Waals surface area contributed by atoms with Crippen LogP contribution in [0.3, 0.4) is 0 Å². The first-order valence-corrected chi connectivity index (χ1v) is 21.2. The number of anilines is 2. The van der Waals surface area contributed by atoms with Crippen molar-refractivity contribution >= 4 is 91.2 Å². The van der Waals surface area contributed by atoms with Gasteiger partial charge < -0.3 is 21.5 Å². The highest BCUT2D eigenvalue weighted by Gasteiger charge is 2.36. The Morgan fingerprint density at radius 3 is 2.00 bits per heavy atom. The average molecular weight is 1050 g/mol. The van der Waals surface area contributed by atoms with Crippen LogP contribution >= 0.6 is 46.0 Å². The number of ether oxygens (including phenoxy) is 1. The molecule has 0 radical (unpaired) electrons. The molecular formula is C40H38F3I2N3O9S.